The lowest BCUT2D eigenvalue weighted by Crippen LogP contribution is -2.15. The van der Waals surface area contributed by atoms with Crippen LogP contribution < -0.4 is 4.74 Å². The summed E-state index contributed by atoms with van der Waals surface area (Å²) in [6.07, 6.45) is 0.965. The van der Waals surface area contributed by atoms with Crippen molar-refractivity contribution in [2.75, 3.05) is 20.6 Å². The van der Waals surface area contributed by atoms with Gasteiger partial charge in [0, 0.05) is 12.6 Å². The lowest BCUT2D eigenvalue weighted by molar-refractivity contribution is 0.407. The summed E-state index contributed by atoms with van der Waals surface area (Å²) in [4.78, 5) is 2.17. The Bertz CT molecular complexity index is 479. The van der Waals surface area contributed by atoms with Crippen molar-refractivity contribution in [2.24, 2.45) is 0 Å². The zero-order valence-corrected chi connectivity index (χ0v) is 10.9. The van der Waals surface area contributed by atoms with Gasteiger partial charge in [-0.1, -0.05) is 36.4 Å². The summed E-state index contributed by atoms with van der Waals surface area (Å²) in [5.74, 6) is 1.68. The summed E-state index contributed by atoms with van der Waals surface area (Å²) in [6.45, 7) is 1.00. The third-order valence-electron chi connectivity index (χ3n) is 2.69. The molecule has 2 aromatic carbocycles. The Balaban J connectivity index is 2.12. The molecule has 0 aromatic heterocycles. The third kappa shape index (κ3) is 3.60. The van der Waals surface area contributed by atoms with Gasteiger partial charge in [0.05, 0.1) is 0 Å². The summed E-state index contributed by atoms with van der Waals surface area (Å²) in [6, 6.07) is 19.0. The van der Waals surface area contributed by atoms with E-state index in [1.165, 1.54) is 5.56 Å². The number of benzene rings is 2. The summed E-state index contributed by atoms with van der Waals surface area (Å²) in [7, 11) is 4.15. The molecule has 2 nitrogen and oxygen atoms in total. The molecule has 0 saturated heterocycles. The second-order valence-corrected chi connectivity index (χ2v) is 4.49. The van der Waals surface area contributed by atoms with Gasteiger partial charge in [0.15, 0.2) is 0 Å². The molecule has 0 aliphatic rings. The Hall–Kier alpha value is -1.80. The van der Waals surface area contributed by atoms with Crippen molar-refractivity contribution in [3.63, 3.8) is 0 Å². The fraction of sp³-hybridized carbons (Fsp3) is 0.250. The molecule has 2 heteroatoms. The SMILES string of the molecule is CN(C)CCc1ccc[c]c1Oc1ccccc1. The minimum Gasteiger partial charge on any atom is -0.456 e. The second-order valence-electron chi connectivity index (χ2n) is 4.49. The Morgan fingerprint density at radius 2 is 1.83 bits per heavy atom. The number of para-hydroxylation sites is 2. The molecule has 93 valence electrons. The molecule has 18 heavy (non-hydrogen) atoms. The van der Waals surface area contributed by atoms with Crippen LogP contribution in [0.5, 0.6) is 11.5 Å². The van der Waals surface area contributed by atoms with E-state index in [9.17, 15) is 0 Å². The minimum atomic E-state index is 0.825. The summed E-state index contributed by atoms with van der Waals surface area (Å²) in [5, 5.41) is 0. The standard InChI is InChI=1S/C16H18NO/c1-17(2)13-12-14-8-6-7-11-16(14)18-15-9-4-3-5-10-15/h3-10H,12-13H2,1-2H3. The van der Waals surface area contributed by atoms with E-state index in [0.717, 1.165) is 24.5 Å². The van der Waals surface area contributed by atoms with E-state index < -0.39 is 0 Å². The van der Waals surface area contributed by atoms with E-state index >= 15 is 0 Å². The van der Waals surface area contributed by atoms with E-state index in [1.807, 2.05) is 42.5 Å². The normalized spacial score (nSPS) is 10.6. The molecule has 0 spiro atoms. The zero-order chi connectivity index (χ0) is 12.8. The van der Waals surface area contributed by atoms with Gasteiger partial charge in [0.25, 0.3) is 0 Å². The van der Waals surface area contributed by atoms with Gasteiger partial charge < -0.3 is 9.64 Å². The fourth-order valence-corrected chi connectivity index (χ4v) is 1.70. The highest BCUT2D eigenvalue weighted by molar-refractivity contribution is 5.37. The summed E-state index contributed by atoms with van der Waals surface area (Å²) in [5.41, 5.74) is 1.19. The van der Waals surface area contributed by atoms with Crippen molar-refractivity contribution in [2.45, 2.75) is 6.42 Å². The largest absolute Gasteiger partial charge is 0.456 e. The average molecular weight is 240 g/mol. The van der Waals surface area contributed by atoms with Crippen molar-refractivity contribution in [3.05, 3.63) is 60.2 Å². The first-order chi connectivity index (χ1) is 8.75. The lowest BCUT2D eigenvalue weighted by atomic mass is 10.1. The van der Waals surface area contributed by atoms with E-state index in [-0.39, 0.29) is 0 Å². The predicted molar refractivity (Wildman–Crippen MR) is 74.1 cm³/mol. The molecule has 0 amide bonds. The maximum atomic E-state index is 5.87. The molecule has 0 aliphatic heterocycles. The highest BCUT2D eigenvalue weighted by Crippen LogP contribution is 2.24. The van der Waals surface area contributed by atoms with Crippen LogP contribution in [0, 0.1) is 6.07 Å². The fourth-order valence-electron chi connectivity index (χ4n) is 1.70. The van der Waals surface area contributed by atoms with Gasteiger partial charge in [0.2, 0.25) is 0 Å². The number of rotatable bonds is 5. The number of hydrogen-bond donors (Lipinski definition) is 0. The molecular formula is C16H18NO. The van der Waals surface area contributed by atoms with E-state index in [2.05, 4.69) is 31.1 Å². The lowest BCUT2D eigenvalue weighted by Gasteiger charge is -2.13. The maximum absolute atomic E-state index is 5.87. The van der Waals surface area contributed by atoms with Gasteiger partial charge in [-0.05, 0) is 38.2 Å². The van der Waals surface area contributed by atoms with Gasteiger partial charge in [-0.15, -0.1) is 0 Å². The Labute approximate surface area is 109 Å². The third-order valence-corrected chi connectivity index (χ3v) is 2.69. The molecule has 0 unspecified atom stereocenters. The van der Waals surface area contributed by atoms with Crippen LogP contribution in [0.3, 0.4) is 0 Å². The van der Waals surface area contributed by atoms with Gasteiger partial charge in [-0.3, -0.25) is 0 Å². The molecule has 0 saturated carbocycles. The number of ether oxygens (including phenoxy) is 1. The van der Waals surface area contributed by atoms with Crippen LogP contribution in [0.4, 0.5) is 0 Å². The van der Waals surface area contributed by atoms with Crippen LogP contribution in [0.15, 0.2) is 48.5 Å². The molecule has 2 rings (SSSR count). The Kier molecular flexibility index (Phi) is 4.37. The predicted octanol–water partition coefficient (Wildman–Crippen LogP) is 3.38. The number of hydrogen-bond acceptors (Lipinski definition) is 2. The van der Waals surface area contributed by atoms with Crippen molar-refractivity contribution in [1.29, 1.82) is 0 Å². The van der Waals surface area contributed by atoms with Gasteiger partial charge >= 0.3 is 0 Å². The van der Waals surface area contributed by atoms with Crippen molar-refractivity contribution in [1.82, 2.24) is 4.90 Å². The molecule has 0 atom stereocenters. The molecule has 1 radical (unpaired) electrons. The Morgan fingerprint density at radius 3 is 2.56 bits per heavy atom. The summed E-state index contributed by atoms with van der Waals surface area (Å²) < 4.78 is 5.87. The highest BCUT2D eigenvalue weighted by Gasteiger charge is 2.04. The Morgan fingerprint density at radius 1 is 1.06 bits per heavy atom. The van der Waals surface area contributed by atoms with Crippen LogP contribution in [0.1, 0.15) is 5.56 Å². The molecule has 0 bridgehead atoms. The van der Waals surface area contributed by atoms with Crippen LogP contribution in [0.2, 0.25) is 0 Å². The zero-order valence-electron chi connectivity index (χ0n) is 10.9. The molecule has 0 heterocycles. The quantitative estimate of drug-likeness (QED) is 0.794. The van der Waals surface area contributed by atoms with Crippen molar-refractivity contribution in [3.8, 4) is 11.5 Å². The average Bonchev–Trinajstić information content (AvgIpc) is 2.39. The molecular weight excluding hydrogens is 222 g/mol. The van der Waals surface area contributed by atoms with Crippen LogP contribution in [-0.2, 0) is 6.42 Å². The van der Waals surface area contributed by atoms with Crippen LogP contribution >= 0.6 is 0 Å². The van der Waals surface area contributed by atoms with E-state index in [0.29, 0.717) is 0 Å². The van der Waals surface area contributed by atoms with Crippen LogP contribution in [0.25, 0.3) is 0 Å². The van der Waals surface area contributed by atoms with E-state index in [4.69, 9.17) is 4.74 Å². The minimum absolute atomic E-state index is 0.825. The topological polar surface area (TPSA) is 12.5 Å². The first-order valence-corrected chi connectivity index (χ1v) is 6.13. The maximum Gasteiger partial charge on any atom is 0.138 e. The number of likely N-dealkylation sites (N-methyl/N-ethyl adjacent to an activating group) is 1. The molecule has 0 N–H and O–H groups in total. The van der Waals surface area contributed by atoms with Crippen molar-refractivity contribution >= 4 is 0 Å². The van der Waals surface area contributed by atoms with Gasteiger partial charge in [-0.2, -0.15) is 0 Å². The molecule has 0 aliphatic carbocycles. The summed E-state index contributed by atoms with van der Waals surface area (Å²) >= 11 is 0. The monoisotopic (exact) mass is 240 g/mol. The first kappa shape index (κ1) is 12.7. The van der Waals surface area contributed by atoms with Crippen LogP contribution in [-0.4, -0.2) is 25.5 Å². The number of nitrogens with zero attached hydrogens (tertiary/aromatic N) is 1. The van der Waals surface area contributed by atoms with Gasteiger partial charge in [0.1, 0.15) is 11.5 Å². The van der Waals surface area contributed by atoms with Crippen molar-refractivity contribution < 1.29 is 4.74 Å². The molecule has 0 fully saturated rings. The first-order valence-electron chi connectivity index (χ1n) is 6.13. The van der Waals surface area contributed by atoms with E-state index in [1.54, 1.807) is 0 Å². The smallest absolute Gasteiger partial charge is 0.138 e. The molecule has 2 aromatic rings. The van der Waals surface area contributed by atoms with Gasteiger partial charge in [-0.25, -0.2) is 0 Å². The second kappa shape index (κ2) is 6.22. The highest BCUT2D eigenvalue weighted by atomic mass is 16.5.